The molecule has 0 aromatic heterocycles. The van der Waals surface area contributed by atoms with Crippen LogP contribution in [-0.4, -0.2) is 86.1 Å². The normalized spacial score (nSPS) is 20.4. The Balaban J connectivity index is 1.57. The summed E-state index contributed by atoms with van der Waals surface area (Å²) in [6, 6.07) is 8.62. The predicted octanol–water partition coefficient (Wildman–Crippen LogP) is 1.54. The molecule has 1 aromatic rings. The van der Waals surface area contributed by atoms with Gasteiger partial charge in [-0.1, -0.05) is 24.3 Å². The third kappa shape index (κ3) is 6.18. The van der Waals surface area contributed by atoms with Crippen molar-refractivity contribution in [3.8, 4) is 0 Å². The van der Waals surface area contributed by atoms with Gasteiger partial charge in [-0.25, -0.2) is 4.99 Å². The highest BCUT2D eigenvalue weighted by Gasteiger charge is 2.30. The SMILES string of the molecule is CCNC(=NCc1cccc(CN(C)C)c1)N1CCN(C(=O)C2CCCO2)CC1. The van der Waals surface area contributed by atoms with Gasteiger partial charge in [0.2, 0.25) is 0 Å². The zero-order chi connectivity index (χ0) is 20.6. The Bertz CT molecular complexity index is 692. The highest BCUT2D eigenvalue weighted by atomic mass is 16.5. The van der Waals surface area contributed by atoms with Crippen molar-refractivity contribution in [1.29, 1.82) is 0 Å². The van der Waals surface area contributed by atoms with Crippen LogP contribution in [-0.2, 0) is 22.6 Å². The van der Waals surface area contributed by atoms with Gasteiger partial charge in [0.1, 0.15) is 6.10 Å². The number of piperazine rings is 1. The van der Waals surface area contributed by atoms with Gasteiger partial charge in [0.25, 0.3) is 5.91 Å². The lowest BCUT2D eigenvalue weighted by molar-refractivity contribution is -0.142. The molecule has 2 heterocycles. The van der Waals surface area contributed by atoms with E-state index in [-0.39, 0.29) is 12.0 Å². The number of ether oxygens (including phenoxy) is 1. The first-order valence-electron chi connectivity index (χ1n) is 10.7. The monoisotopic (exact) mass is 401 g/mol. The molecule has 0 spiro atoms. The molecule has 29 heavy (non-hydrogen) atoms. The van der Waals surface area contributed by atoms with Crippen molar-refractivity contribution < 1.29 is 9.53 Å². The molecule has 1 N–H and O–H groups in total. The number of nitrogens with one attached hydrogen (secondary N) is 1. The molecule has 7 heteroatoms. The zero-order valence-corrected chi connectivity index (χ0v) is 18.1. The van der Waals surface area contributed by atoms with Crippen molar-refractivity contribution in [3.05, 3.63) is 35.4 Å². The summed E-state index contributed by atoms with van der Waals surface area (Å²) in [5.41, 5.74) is 2.51. The number of guanidine groups is 1. The van der Waals surface area contributed by atoms with Crippen LogP contribution in [0, 0.1) is 0 Å². The molecule has 1 unspecified atom stereocenters. The molecular formula is C22H35N5O2. The van der Waals surface area contributed by atoms with Crippen LogP contribution in [0.3, 0.4) is 0 Å². The molecule has 0 saturated carbocycles. The summed E-state index contributed by atoms with van der Waals surface area (Å²) in [5.74, 6) is 1.08. The molecule has 0 radical (unpaired) electrons. The quantitative estimate of drug-likeness (QED) is 0.579. The Morgan fingerprint density at radius 2 is 1.93 bits per heavy atom. The number of nitrogens with zero attached hydrogens (tertiary/aromatic N) is 4. The standard InChI is InChI=1S/C22H35N5O2/c1-4-23-22(24-16-18-7-5-8-19(15-18)17-25(2)3)27-12-10-26(11-13-27)21(28)20-9-6-14-29-20/h5,7-8,15,20H,4,6,9-14,16-17H2,1-3H3,(H,23,24). The van der Waals surface area contributed by atoms with Crippen LogP contribution in [0.25, 0.3) is 0 Å². The van der Waals surface area contributed by atoms with Crippen LogP contribution in [0.4, 0.5) is 0 Å². The molecule has 2 aliphatic heterocycles. The third-order valence-corrected chi connectivity index (χ3v) is 5.33. The third-order valence-electron chi connectivity index (χ3n) is 5.33. The highest BCUT2D eigenvalue weighted by molar-refractivity contribution is 5.82. The van der Waals surface area contributed by atoms with E-state index in [1.54, 1.807) is 0 Å². The van der Waals surface area contributed by atoms with E-state index < -0.39 is 0 Å². The van der Waals surface area contributed by atoms with Gasteiger partial charge in [-0.3, -0.25) is 4.79 Å². The summed E-state index contributed by atoms with van der Waals surface area (Å²) in [6.45, 7) is 8.25. The molecule has 1 amide bonds. The summed E-state index contributed by atoms with van der Waals surface area (Å²) < 4.78 is 5.56. The first kappa shape index (κ1) is 21.6. The summed E-state index contributed by atoms with van der Waals surface area (Å²) >= 11 is 0. The van der Waals surface area contributed by atoms with Crippen LogP contribution >= 0.6 is 0 Å². The van der Waals surface area contributed by atoms with Crippen molar-refractivity contribution in [2.45, 2.75) is 39.0 Å². The van der Waals surface area contributed by atoms with Crippen molar-refractivity contribution in [2.75, 3.05) is 53.4 Å². The molecule has 0 aliphatic carbocycles. The summed E-state index contributed by atoms with van der Waals surface area (Å²) in [4.78, 5) is 23.8. The van der Waals surface area contributed by atoms with Crippen molar-refractivity contribution in [2.24, 2.45) is 4.99 Å². The lowest BCUT2D eigenvalue weighted by atomic mass is 10.1. The average molecular weight is 402 g/mol. The fourth-order valence-electron chi connectivity index (χ4n) is 3.90. The molecule has 2 aliphatic rings. The minimum absolute atomic E-state index is 0.154. The highest BCUT2D eigenvalue weighted by Crippen LogP contribution is 2.16. The van der Waals surface area contributed by atoms with Gasteiger partial charge < -0.3 is 24.8 Å². The van der Waals surface area contributed by atoms with Crippen LogP contribution < -0.4 is 5.32 Å². The van der Waals surface area contributed by atoms with E-state index in [4.69, 9.17) is 9.73 Å². The van der Waals surface area contributed by atoms with Gasteiger partial charge in [0.05, 0.1) is 6.54 Å². The summed E-state index contributed by atoms with van der Waals surface area (Å²) in [5, 5.41) is 3.41. The van der Waals surface area contributed by atoms with Crippen LogP contribution in [0.15, 0.2) is 29.3 Å². The Morgan fingerprint density at radius 3 is 2.59 bits per heavy atom. The van der Waals surface area contributed by atoms with E-state index in [0.717, 1.165) is 58.1 Å². The maximum absolute atomic E-state index is 12.6. The van der Waals surface area contributed by atoms with Gasteiger partial charge in [-0.15, -0.1) is 0 Å². The van der Waals surface area contributed by atoms with E-state index >= 15 is 0 Å². The topological polar surface area (TPSA) is 60.4 Å². The van der Waals surface area contributed by atoms with E-state index in [0.29, 0.717) is 13.2 Å². The van der Waals surface area contributed by atoms with E-state index in [1.165, 1.54) is 11.1 Å². The molecule has 7 nitrogen and oxygen atoms in total. The van der Waals surface area contributed by atoms with E-state index in [9.17, 15) is 4.79 Å². The number of hydrogen-bond acceptors (Lipinski definition) is 4. The first-order chi connectivity index (χ1) is 14.1. The molecule has 2 saturated heterocycles. The largest absolute Gasteiger partial charge is 0.368 e. The molecule has 1 atom stereocenters. The van der Waals surface area contributed by atoms with Crippen LogP contribution in [0.5, 0.6) is 0 Å². The maximum atomic E-state index is 12.6. The van der Waals surface area contributed by atoms with Crippen molar-refractivity contribution >= 4 is 11.9 Å². The second-order valence-electron chi connectivity index (χ2n) is 8.04. The number of hydrogen-bond donors (Lipinski definition) is 1. The van der Waals surface area contributed by atoms with Gasteiger partial charge in [0.15, 0.2) is 5.96 Å². The molecule has 2 fully saturated rings. The predicted molar refractivity (Wildman–Crippen MR) is 116 cm³/mol. The lowest BCUT2D eigenvalue weighted by Gasteiger charge is -2.37. The minimum Gasteiger partial charge on any atom is -0.368 e. The van der Waals surface area contributed by atoms with Gasteiger partial charge in [-0.05, 0) is 45.0 Å². The van der Waals surface area contributed by atoms with E-state index in [1.807, 2.05) is 4.90 Å². The minimum atomic E-state index is -0.224. The average Bonchev–Trinajstić information content (AvgIpc) is 3.25. The number of aliphatic imine (C=N–C) groups is 1. The fourth-order valence-corrected chi connectivity index (χ4v) is 3.90. The summed E-state index contributed by atoms with van der Waals surface area (Å²) in [7, 11) is 4.16. The number of benzene rings is 1. The number of rotatable bonds is 6. The Morgan fingerprint density at radius 1 is 1.21 bits per heavy atom. The molecular weight excluding hydrogens is 366 g/mol. The second kappa shape index (κ2) is 10.6. The van der Waals surface area contributed by atoms with E-state index in [2.05, 4.69) is 60.4 Å². The lowest BCUT2D eigenvalue weighted by Crippen LogP contribution is -2.55. The zero-order valence-electron chi connectivity index (χ0n) is 18.1. The fraction of sp³-hybridized carbons (Fsp3) is 0.636. The Kier molecular flexibility index (Phi) is 7.89. The smallest absolute Gasteiger partial charge is 0.251 e. The van der Waals surface area contributed by atoms with Gasteiger partial charge in [0, 0.05) is 45.9 Å². The Hall–Kier alpha value is -2.12. The second-order valence-corrected chi connectivity index (χ2v) is 8.04. The first-order valence-corrected chi connectivity index (χ1v) is 10.7. The summed E-state index contributed by atoms with van der Waals surface area (Å²) in [6.07, 6.45) is 1.62. The number of amides is 1. The van der Waals surface area contributed by atoms with Crippen LogP contribution in [0.2, 0.25) is 0 Å². The molecule has 160 valence electrons. The van der Waals surface area contributed by atoms with Crippen molar-refractivity contribution in [1.82, 2.24) is 20.0 Å². The van der Waals surface area contributed by atoms with Gasteiger partial charge in [-0.2, -0.15) is 0 Å². The van der Waals surface area contributed by atoms with Crippen molar-refractivity contribution in [3.63, 3.8) is 0 Å². The number of carbonyl (C=O) groups is 1. The number of carbonyl (C=O) groups excluding carboxylic acids is 1. The maximum Gasteiger partial charge on any atom is 0.251 e. The van der Waals surface area contributed by atoms with Crippen LogP contribution in [0.1, 0.15) is 30.9 Å². The Labute approximate surface area is 174 Å². The molecule has 1 aromatic carbocycles. The molecule has 3 rings (SSSR count). The molecule has 0 bridgehead atoms. The van der Waals surface area contributed by atoms with Gasteiger partial charge >= 0.3 is 0 Å².